The van der Waals surface area contributed by atoms with Gasteiger partial charge >= 0.3 is 0 Å². The zero-order valence-electron chi connectivity index (χ0n) is 18.6. The lowest BCUT2D eigenvalue weighted by Crippen LogP contribution is -2.44. The molecule has 4 nitrogen and oxygen atoms in total. The van der Waals surface area contributed by atoms with Gasteiger partial charge in [-0.15, -0.1) is 0 Å². The molecular formula is C22H38O4Si. The Balaban J connectivity index is 2.79. The number of Topliss-reactive ketones (excluding diaryl/α,β-unsaturated/α-hetero) is 1. The predicted octanol–water partition coefficient (Wildman–Crippen LogP) is 5.46. The van der Waals surface area contributed by atoms with Gasteiger partial charge in [0.1, 0.15) is 11.5 Å². The molecule has 3 atom stereocenters. The minimum atomic E-state index is -1.83. The lowest BCUT2D eigenvalue weighted by molar-refractivity contribution is -0.128. The van der Waals surface area contributed by atoms with E-state index >= 15 is 0 Å². The van der Waals surface area contributed by atoms with Gasteiger partial charge in [-0.2, -0.15) is 0 Å². The summed E-state index contributed by atoms with van der Waals surface area (Å²) in [5.41, 5.74) is 1.06. The third kappa shape index (κ3) is 7.05. The van der Waals surface area contributed by atoms with Crippen molar-refractivity contribution in [1.82, 2.24) is 0 Å². The SMILES string of the molecule is COc1ccc(CO[C@H]([C@H](C)CO[Si](C)(C)C(C)(C)C)[C@H](C)C(C)=O)cc1. The molecule has 0 aliphatic carbocycles. The summed E-state index contributed by atoms with van der Waals surface area (Å²) in [5.74, 6) is 0.940. The second kappa shape index (κ2) is 9.85. The summed E-state index contributed by atoms with van der Waals surface area (Å²) in [4.78, 5) is 12.0. The minimum Gasteiger partial charge on any atom is -0.497 e. The monoisotopic (exact) mass is 394 g/mol. The van der Waals surface area contributed by atoms with E-state index in [1.165, 1.54) is 0 Å². The second-order valence-corrected chi connectivity index (χ2v) is 13.9. The van der Waals surface area contributed by atoms with Gasteiger partial charge in [0, 0.05) is 18.4 Å². The van der Waals surface area contributed by atoms with Gasteiger partial charge in [-0.05, 0) is 42.8 Å². The molecule has 27 heavy (non-hydrogen) atoms. The lowest BCUT2D eigenvalue weighted by atomic mass is 9.91. The molecule has 5 heteroatoms. The summed E-state index contributed by atoms with van der Waals surface area (Å²) < 4.78 is 17.8. The number of carbonyl (C=O) groups excluding carboxylic acids is 1. The van der Waals surface area contributed by atoms with E-state index in [1.807, 2.05) is 31.2 Å². The fourth-order valence-corrected chi connectivity index (χ4v) is 3.71. The summed E-state index contributed by atoms with van der Waals surface area (Å²) in [6, 6.07) is 7.83. The first kappa shape index (κ1) is 23.9. The number of ether oxygens (including phenoxy) is 2. The van der Waals surface area contributed by atoms with E-state index in [0.717, 1.165) is 11.3 Å². The van der Waals surface area contributed by atoms with E-state index in [0.29, 0.717) is 13.2 Å². The first-order valence-corrected chi connectivity index (χ1v) is 12.7. The molecule has 0 radical (unpaired) electrons. The molecular weight excluding hydrogens is 356 g/mol. The Labute approximate surface area is 166 Å². The van der Waals surface area contributed by atoms with Crippen LogP contribution < -0.4 is 4.74 Å². The fraction of sp³-hybridized carbons (Fsp3) is 0.682. The van der Waals surface area contributed by atoms with Crippen molar-refractivity contribution in [3.8, 4) is 5.75 Å². The van der Waals surface area contributed by atoms with Gasteiger partial charge < -0.3 is 13.9 Å². The smallest absolute Gasteiger partial charge is 0.191 e. The van der Waals surface area contributed by atoms with Gasteiger partial charge in [0.15, 0.2) is 8.32 Å². The Kier molecular flexibility index (Phi) is 8.71. The highest BCUT2D eigenvalue weighted by molar-refractivity contribution is 6.74. The number of hydrogen-bond acceptors (Lipinski definition) is 4. The van der Waals surface area contributed by atoms with Crippen molar-refractivity contribution in [1.29, 1.82) is 0 Å². The molecule has 1 aromatic rings. The second-order valence-electron chi connectivity index (χ2n) is 9.07. The Morgan fingerprint density at radius 3 is 2.11 bits per heavy atom. The van der Waals surface area contributed by atoms with E-state index in [9.17, 15) is 4.79 Å². The van der Waals surface area contributed by atoms with Crippen LogP contribution >= 0.6 is 0 Å². The van der Waals surface area contributed by atoms with E-state index in [1.54, 1.807) is 14.0 Å². The maximum Gasteiger partial charge on any atom is 0.191 e. The van der Waals surface area contributed by atoms with Crippen LogP contribution in [0.1, 0.15) is 47.1 Å². The van der Waals surface area contributed by atoms with Crippen LogP contribution in [0, 0.1) is 11.8 Å². The highest BCUT2D eigenvalue weighted by atomic mass is 28.4. The first-order chi connectivity index (χ1) is 12.4. The van der Waals surface area contributed by atoms with Crippen molar-refractivity contribution in [2.24, 2.45) is 11.8 Å². The Bertz CT molecular complexity index is 589. The molecule has 0 aliphatic heterocycles. The fourth-order valence-electron chi connectivity index (χ4n) is 2.60. The van der Waals surface area contributed by atoms with Gasteiger partial charge in [0.05, 0.1) is 19.8 Å². The molecule has 0 heterocycles. The van der Waals surface area contributed by atoms with Crippen LogP contribution in [-0.2, 0) is 20.6 Å². The summed E-state index contributed by atoms with van der Waals surface area (Å²) >= 11 is 0. The maximum absolute atomic E-state index is 12.0. The highest BCUT2D eigenvalue weighted by Gasteiger charge is 2.38. The number of benzene rings is 1. The van der Waals surface area contributed by atoms with Gasteiger partial charge in [-0.25, -0.2) is 0 Å². The van der Waals surface area contributed by atoms with Crippen LogP contribution in [0.15, 0.2) is 24.3 Å². The van der Waals surface area contributed by atoms with Crippen LogP contribution in [-0.4, -0.2) is 33.9 Å². The van der Waals surface area contributed by atoms with Crippen molar-refractivity contribution < 1.29 is 18.7 Å². The van der Waals surface area contributed by atoms with E-state index in [-0.39, 0.29) is 28.8 Å². The van der Waals surface area contributed by atoms with Crippen LogP contribution in [0.3, 0.4) is 0 Å². The largest absolute Gasteiger partial charge is 0.497 e. The number of methoxy groups -OCH3 is 1. The molecule has 0 aromatic heterocycles. The molecule has 1 rings (SSSR count). The Morgan fingerprint density at radius 2 is 1.67 bits per heavy atom. The predicted molar refractivity (Wildman–Crippen MR) is 114 cm³/mol. The third-order valence-electron chi connectivity index (χ3n) is 5.81. The molecule has 0 fully saturated rings. The Hall–Kier alpha value is -1.17. The van der Waals surface area contributed by atoms with E-state index in [2.05, 4.69) is 40.8 Å². The average molecular weight is 395 g/mol. The van der Waals surface area contributed by atoms with Crippen molar-refractivity contribution in [3.05, 3.63) is 29.8 Å². The van der Waals surface area contributed by atoms with Crippen LogP contribution in [0.5, 0.6) is 5.75 Å². The van der Waals surface area contributed by atoms with Gasteiger partial charge in [-0.3, -0.25) is 4.79 Å². The quantitative estimate of drug-likeness (QED) is 0.494. The lowest BCUT2D eigenvalue weighted by Gasteiger charge is -2.38. The number of carbonyl (C=O) groups is 1. The number of hydrogen-bond donors (Lipinski definition) is 0. The van der Waals surface area contributed by atoms with Crippen molar-refractivity contribution in [3.63, 3.8) is 0 Å². The van der Waals surface area contributed by atoms with E-state index < -0.39 is 8.32 Å². The highest BCUT2D eigenvalue weighted by Crippen LogP contribution is 2.37. The molecule has 154 valence electrons. The zero-order valence-corrected chi connectivity index (χ0v) is 19.6. The van der Waals surface area contributed by atoms with Gasteiger partial charge in [0.2, 0.25) is 0 Å². The first-order valence-electron chi connectivity index (χ1n) is 9.78. The van der Waals surface area contributed by atoms with Crippen molar-refractivity contribution >= 4 is 14.1 Å². The summed E-state index contributed by atoms with van der Waals surface area (Å²) in [7, 11) is -0.174. The number of ketones is 1. The summed E-state index contributed by atoms with van der Waals surface area (Å²) in [6.45, 7) is 18.0. The normalized spacial score (nSPS) is 15.9. The third-order valence-corrected chi connectivity index (χ3v) is 10.3. The zero-order chi connectivity index (χ0) is 20.8. The van der Waals surface area contributed by atoms with E-state index in [4.69, 9.17) is 13.9 Å². The molecule has 0 aliphatic rings. The summed E-state index contributed by atoms with van der Waals surface area (Å²) in [5, 5.41) is 0.165. The molecule has 0 saturated heterocycles. The van der Waals surface area contributed by atoms with Gasteiger partial charge in [0.25, 0.3) is 0 Å². The minimum absolute atomic E-state index is 0.135. The number of rotatable bonds is 10. The standard InChI is InChI=1S/C22H38O4Si/c1-16(14-26-27(8,9)22(4,5)6)21(17(2)18(3)23)25-15-19-10-12-20(24-7)13-11-19/h10-13,16-17,21H,14-15H2,1-9H3/t16-,17-,21-/m1/s1. The molecule has 1 aromatic carbocycles. The molecule has 0 bridgehead atoms. The Morgan fingerprint density at radius 1 is 1.11 bits per heavy atom. The van der Waals surface area contributed by atoms with Crippen LogP contribution in [0.25, 0.3) is 0 Å². The molecule has 0 unspecified atom stereocenters. The van der Waals surface area contributed by atoms with Crippen LogP contribution in [0.2, 0.25) is 18.1 Å². The average Bonchev–Trinajstić information content (AvgIpc) is 2.59. The van der Waals surface area contributed by atoms with Crippen molar-refractivity contribution in [2.45, 2.75) is 72.4 Å². The van der Waals surface area contributed by atoms with Crippen LogP contribution in [0.4, 0.5) is 0 Å². The summed E-state index contributed by atoms with van der Waals surface area (Å²) in [6.07, 6.45) is -0.172. The molecule has 0 saturated carbocycles. The molecule has 0 amide bonds. The van der Waals surface area contributed by atoms with Gasteiger partial charge in [-0.1, -0.05) is 46.8 Å². The van der Waals surface area contributed by atoms with Crippen molar-refractivity contribution in [2.75, 3.05) is 13.7 Å². The molecule has 0 N–H and O–H groups in total. The topological polar surface area (TPSA) is 44.8 Å². The maximum atomic E-state index is 12.0. The molecule has 0 spiro atoms.